The van der Waals surface area contributed by atoms with E-state index in [1.165, 1.54) is 43.8 Å². The molecule has 1 heterocycles. The van der Waals surface area contributed by atoms with Gasteiger partial charge >= 0.3 is 0 Å². The lowest BCUT2D eigenvalue weighted by atomic mass is 9.82. The van der Waals surface area contributed by atoms with Gasteiger partial charge in [-0.05, 0) is 39.8 Å². The predicted octanol–water partition coefficient (Wildman–Crippen LogP) is 7.05. The van der Waals surface area contributed by atoms with Gasteiger partial charge in [0.25, 0.3) is 0 Å². The van der Waals surface area contributed by atoms with Crippen molar-refractivity contribution >= 4 is 32.7 Å². The Morgan fingerprint density at radius 1 is 0.692 bits per heavy atom. The van der Waals surface area contributed by atoms with Crippen LogP contribution in [0.15, 0.2) is 77.2 Å². The third-order valence-electron chi connectivity index (χ3n) is 6.07. The number of hydrogen-bond donors (Lipinski definition) is 0. The normalized spacial score (nSPS) is 14.8. The molecule has 0 aliphatic heterocycles. The summed E-state index contributed by atoms with van der Waals surface area (Å²) in [5.74, 6) is 0. The first-order chi connectivity index (χ1) is 12.7. The van der Waals surface area contributed by atoms with Crippen LogP contribution in [0.5, 0.6) is 0 Å². The average Bonchev–Trinajstić information content (AvgIpc) is 3.15. The highest BCUT2D eigenvalue weighted by Crippen LogP contribution is 2.52. The molecule has 1 aliphatic carbocycles. The van der Waals surface area contributed by atoms with E-state index in [1.54, 1.807) is 0 Å². The van der Waals surface area contributed by atoms with E-state index in [0.29, 0.717) is 0 Å². The molecule has 0 amide bonds. The van der Waals surface area contributed by atoms with Gasteiger partial charge in [-0.3, -0.25) is 0 Å². The van der Waals surface area contributed by atoms with Crippen molar-refractivity contribution < 1.29 is 4.42 Å². The van der Waals surface area contributed by atoms with Crippen LogP contribution in [-0.2, 0) is 5.41 Å². The van der Waals surface area contributed by atoms with Gasteiger partial charge in [-0.15, -0.1) is 0 Å². The Bertz CT molecular complexity index is 1350. The second kappa shape index (κ2) is 4.56. The third kappa shape index (κ3) is 1.56. The molecule has 5 aromatic rings. The summed E-state index contributed by atoms with van der Waals surface area (Å²) in [6.07, 6.45) is 0. The lowest BCUT2D eigenvalue weighted by Crippen LogP contribution is -2.14. The van der Waals surface area contributed by atoms with Gasteiger partial charge in [-0.2, -0.15) is 0 Å². The molecular formula is C25H18O. The molecule has 1 aromatic heterocycles. The predicted molar refractivity (Wildman–Crippen MR) is 109 cm³/mol. The summed E-state index contributed by atoms with van der Waals surface area (Å²) in [6.45, 7) is 4.64. The minimum absolute atomic E-state index is 0.00823. The van der Waals surface area contributed by atoms with E-state index in [4.69, 9.17) is 4.42 Å². The zero-order valence-corrected chi connectivity index (χ0v) is 14.8. The van der Waals surface area contributed by atoms with Gasteiger partial charge in [0.05, 0.1) is 0 Å². The molecule has 1 heteroatoms. The molecule has 26 heavy (non-hydrogen) atoms. The van der Waals surface area contributed by atoms with E-state index < -0.39 is 0 Å². The first-order valence-electron chi connectivity index (χ1n) is 9.13. The maximum absolute atomic E-state index is 6.37. The van der Waals surface area contributed by atoms with Crippen molar-refractivity contribution in [3.8, 4) is 11.1 Å². The Morgan fingerprint density at radius 2 is 1.46 bits per heavy atom. The van der Waals surface area contributed by atoms with Crippen LogP contribution >= 0.6 is 0 Å². The molecule has 124 valence electrons. The van der Waals surface area contributed by atoms with Gasteiger partial charge in [0.2, 0.25) is 0 Å². The molecule has 0 bridgehead atoms. The third-order valence-corrected chi connectivity index (χ3v) is 6.07. The average molecular weight is 334 g/mol. The van der Waals surface area contributed by atoms with E-state index in [0.717, 1.165) is 11.2 Å². The highest BCUT2D eigenvalue weighted by molar-refractivity contribution is 6.20. The Morgan fingerprint density at radius 3 is 2.38 bits per heavy atom. The fraction of sp³-hybridized carbons (Fsp3) is 0.120. The van der Waals surface area contributed by atoms with Gasteiger partial charge in [0.1, 0.15) is 11.2 Å². The second-order valence-electron chi connectivity index (χ2n) is 7.80. The minimum atomic E-state index is 0.00823. The summed E-state index contributed by atoms with van der Waals surface area (Å²) in [6, 6.07) is 26.1. The summed E-state index contributed by atoms with van der Waals surface area (Å²) in [5.41, 5.74) is 7.44. The fourth-order valence-corrected chi connectivity index (χ4v) is 4.78. The van der Waals surface area contributed by atoms with Crippen LogP contribution in [0.25, 0.3) is 43.8 Å². The summed E-state index contributed by atoms with van der Waals surface area (Å²) in [5, 5.41) is 4.87. The zero-order chi connectivity index (χ0) is 17.5. The van der Waals surface area contributed by atoms with E-state index >= 15 is 0 Å². The monoisotopic (exact) mass is 334 g/mol. The summed E-state index contributed by atoms with van der Waals surface area (Å²) >= 11 is 0. The minimum Gasteiger partial charge on any atom is -0.455 e. The highest BCUT2D eigenvalue weighted by Gasteiger charge is 2.36. The van der Waals surface area contributed by atoms with Gasteiger partial charge in [0, 0.05) is 21.6 Å². The number of rotatable bonds is 0. The van der Waals surface area contributed by atoms with Crippen LogP contribution < -0.4 is 0 Å². The molecule has 0 saturated heterocycles. The van der Waals surface area contributed by atoms with Crippen molar-refractivity contribution in [3.63, 3.8) is 0 Å². The molecule has 0 saturated carbocycles. The molecule has 0 fully saturated rings. The van der Waals surface area contributed by atoms with Crippen LogP contribution in [0.4, 0.5) is 0 Å². The summed E-state index contributed by atoms with van der Waals surface area (Å²) in [7, 11) is 0. The number of fused-ring (bicyclic) bond motifs is 9. The standard InChI is InChI=1S/C25H18O/c1-25(2)19-9-5-3-8-18(19)23-20(25)14-12-15-11-13-17-16-7-4-6-10-21(16)26-24(17)22(15)23/h3-14H,1-2H3. The quantitative estimate of drug-likeness (QED) is 0.296. The van der Waals surface area contributed by atoms with Gasteiger partial charge in [-0.1, -0.05) is 74.5 Å². The number of furan rings is 1. The summed E-state index contributed by atoms with van der Waals surface area (Å²) < 4.78 is 6.37. The van der Waals surface area contributed by atoms with Crippen LogP contribution in [0.1, 0.15) is 25.0 Å². The van der Waals surface area contributed by atoms with Crippen LogP contribution in [0, 0.1) is 0 Å². The number of benzene rings is 4. The zero-order valence-electron chi connectivity index (χ0n) is 14.8. The lowest BCUT2D eigenvalue weighted by molar-refractivity contribution is 0.660. The number of para-hydroxylation sites is 1. The largest absolute Gasteiger partial charge is 0.455 e. The van der Waals surface area contributed by atoms with Crippen LogP contribution in [0.2, 0.25) is 0 Å². The van der Waals surface area contributed by atoms with Crippen molar-refractivity contribution in [1.82, 2.24) is 0 Å². The van der Waals surface area contributed by atoms with E-state index in [2.05, 4.69) is 80.6 Å². The molecule has 6 rings (SSSR count). The second-order valence-corrected chi connectivity index (χ2v) is 7.80. The Labute approximate surface area is 151 Å². The molecule has 0 unspecified atom stereocenters. The Balaban J connectivity index is 1.89. The lowest BCUT2D eigenvalue weighted by Gasteiger charge is -2.21. The number of hydrogen-bond acceptors (Lipinski definition) is 1. The van der Waals surface area contributed by atoms with Crippen LogP contribution in [-0.4, -0.2) is 0 Å². The van der Waals surface area contributed by atoms with E-state index in [9.17, 15) is 0 Å². The highest BCUT2D eigenvalue weighted by atomic mass is 16.3. The fourth-order valence-electron chi connectivity index (χ4n) is 4.78. The van der Waals surface area contributed by atoms with Crippen molar-refractivity contribution in [2.75, 3.05) is 0 Å². The molecule has 1 aliphatic rings. The molecule has 4 aromatic carbocycles. The Kier molecular flexibility index (Phi) is 2.48. The van der Waals surface area contributed by atoms with Gasteiger partial charge < -0.3 is 4.42 Å². The van der Waals surface area contributed by atoms with Crippen molar-refractivity contribution in [1.29, 1.82) is 0 Å². The van der Waals surface area contributed by atoms with Gasteiger partial charge in [-0.25, -0.2) is 0 Å². The maximum Gasteiger partial charge on any atom is 0.143 e. The van der Waals surface area contributed by atoms with Gasteiger partial charge in [0.15, 0.2) is 0 Å². The molecular weight excluding hydrogens is 316 g/mol. The van der Waals surface area contributed by atoms with Crippen molar-refractivity contribution in [2.45, 2.75) is 19.3 Å². The molecule has 0 radical (unpaired) electrons. The van der Waals surface area contributed by atoms with Crippen LogP contribution in [0.3, 0.4) is 0 Å². The Hall–Kier alpha value is -3.06. The first kappa shape index (κ1) is 14.1. The topological polar surface area (TPSA) is 13.1 Å². The molecule has 0 N–H and O–H groups in total. The molecule has 1 nitrogen and oxygen atoms in total. The van der Waals surface area contributed by atoms with E-state index in [-0.39, 0.29) is 5.41 Å². The molecule has 0 atom stereocenters. The SMILES string of the molecule is CC1(C)c2ccccc2-c2c1ccc1ccc3c4ccccc4oc3c21. The summed E-state index contributed by atoms with van der Waals surface area (Å²) in [4.78, 5) is 0. The first-order valence-corrected chi connectivity index (χ1v) is 9.13. The van der Waals surface area contributed by atoms with E-state index in [1.807, 2.05) is 6.07 Å². The smallest absolute Gasteiger partial charge is 0.143 e. The molecule has 0 spiro atoms. The van der Waals surface area contributed by atoms with Crippen molar-refractivity contribution in [3.05, 3.63) is 83.9 Å². The van der Waals surface area contributed by atoms with Crippen molar-refractivity contribution in [2.24, 2.45) is 0 Å². The maximum atomic E-state index is 6.37.